The Hall–Kier alpha value is -1.50. The molecule has 0 bridgehead atoms. The van der Waals surface area contributed by atoms with Gasteiger partial charge in [0.15, 0.2) is 5.96 Å². The second-order valence-electron chi connectivity index (χ2n) is 6.91. The zero-order chi connectivity index (χ0) is 17.9. The van der Waals surface area contributed by atoms with Crippen molar-refractivity contribution in [3.63, 3.8) is 0 Å². The summed E-state index contributed by atoms with van der Waals surface area (Å²) in [6, 6.07) is 0. The van der Waals surface area contributed by atoms with Gasteiger partial charge in [-0.05, 0) is 48.0 Å². The Balaban J connectivity index is 4.15. The second-order valence-corrected chi connectivity index (χ2v) is 6.91. The standard InChI is InChI=1S/C16H34N4O3/c1-8-22-11-9-10-18-13(17-7)19-12-16(5,6)20-14(21)23-15(2,3)4/h8-12H2,1-7H3,(H,20,21)(H2,17,18,19). The lowest BCUT2D eigenvalue weighted by atomic mass is 10.1. The van der Waals surface area contributed by atoms with Crippen molar-refractivity contribution in [3.05, 3.63) is 0 Å². The lowest BCUT2D eigenvalue weighted by molar-refractivity contribution is 0.0474. The number of rotatable bonds is 8. The molecule has 0 aliphatic rings. The van der Waals surface area contributed by atoms with Crippen molar-refractivity contribution in [2.75, 3.05) is 33.4 Å². The fourth-order valence-corrected chi connectivity index (χ4v) is 1.67. The zero-order valence-corrected chi connectivity index (χ0v) is 15.7. The maximum absolute atomic E-state index is 11.8. The molecule has 0 saturated carbocycles. The molecule has 7 heteroatoms. The third kappa shape index (κ3) is 12.7. The van der Waals surface area contributed by atoms with Gasteiger partial charge in [0.1, 0.15) is 5.60 Å². The van der Waals surface area contributed by atoms with Gasteiger partial charge in [-0.25, -0.2) is 4.79 Å². The number of alkyl carbamates (subject to hydrolysis) is 1. The average molecular weight is 330 g/mol. The van der Waals surface area contributed by atoms with E-state index in [-0.39, 0.29) is 0 Å². The summed E-state index contributed by atoms with van der Waals surface area (Å²) in [4.78, 5) is 16.0. The number of hydrogen-bond acceptors (Lipinski definition) is 4. The highest BCUT2D eigenvalue weighted by molar-refractivity contribution is 5.79. The molecule has 1 amide bonds. The molecule has 0 aliphatic carbocycles. The molecule has 3 N–H and O–H groups in total. The van der Waals surface area contributed by atoms with Crippen molar-refractivity contribution < 1.29 is 14.3 Å². The number of carbonyl (C=O) groups is 1. The van der Waals surface area contributed by atoms with E-state index >= 15 is 0 Å². The first-order valence-corrected chi connectivity index (χ1v) is 8.13. The maximum atomic E-state index is 11.8. The van der Waals surface area contributed by atoms with E-state index in [1.54, 1.807) is 7.05 Å². The predicted octanol–water partition coefficient (Wildman–Crippen LogP) is 1.88. The quantitative estimate of drug-likeness (QED) is 0.359. The molecular formula is C16H34N4O3. The molecule has 0 rings (SSSR count). The van der Waals surface area contributed by atoms with Gasteiger partial charge in [-0.15, -0.1) is 0 Å². The van der Waals surface area contributed by atoms with Gasteiger partial charge < -0.3 is 25.4 Å². The highest BCUT2D eigenvalue weighted by Crippen LogP contribution is 2.09. The van der Waals surface area contributed by atoms with Crippen LogP contribution in [-0.4, -0.2) is 56.5 Å². The Labute approximate surface area is 140 Å². The summed E-state index contributed by atoms with van der Waals surface area (Å²) in [5.74, 6) is 0.695. The van der Waals surface area contributed by atoms with Gasteiger partial charge in [0, 0.05) is 33.4 Å². The van der Waals surface area contributed by atoms with E-state index in [9.17, 15) is 4.79 Å². The van der Waals surface area contributed by atoms with Crippen LogP contribution in [0.1, 0.15) is 48.0 Å². The predicted molar refractivity (Wildman–Crippen MR) is 93.9 cm³/mol. The summed E-state index contributed by atoms with van der Waals surface area (Å²) in [7, 11) is 1.71. The molecule has 0 saturated heterocycles. The molecule has 0 radical (unpaired) electrons. The minimum Gasteiger partial charge on any atom is -0.444 e. The van der Waals surface area contributed by atoms with Crippen LogP contribution in [0.2, 0.25) is 0 Å². The summed E-state index contributed by atoms with van der Waals surface area (Å²) in [5, 5.41) is 9.25. The van der Waals surface area contributed by atoms with Crippen molar-refractivity contribution >= 4 is 12.1 Å². The van der Waals surface area contributed by atoms with Crippen molar-refractivity contribution in [3.8, 4) is 0 Å². The third-order valence-corrected chi connectivity index (χ3v) is 2.72. The first-order valence-electron chi connectivity index (χ1n) is 8.13. The van der Waals surface area contributed by atoms with Crippen LogP contribution in [0, 0.1) is 0 Å². The summed E-state index contributed by atoms with van der Waals surface area (Å²) in [6.07, 6.45) is 0.484. The van der Waals surface area contributed by atoms with E-state index in [1.165, 1.54) is 0 Å². The second kappa shape index (κ2) is 10.3. The van der Waals surface area contributed by atoms with Gasteiger partial charge in [-0.3, -0.25) is 4.99 Å². The van der Waals surface area contributed by atoms with E-state index in [2.05, 4.69) is 20.9 Å². The zero-order valence-electron chi connectivity index (χ0n) is 15.7. The summed E-state index contributed by atoms with van der Waals surface area (Å²) in [5.41, 5.74) is -0.975. The number of ether oxygens (including phenoxy) is 2. The number of guanidine groups is 1. The molecule has 0 aromatic rings. The Morgan fingerprint density at radius 2 is 1.78 bits per heavy atom. The molecule has 23 heavy (non-hydrogen) atoms. The monoisotopic (exact) mass is 330 g/mol. The summed E-state index contributed by atoms with van der Waals surface area (Å²) in [6.45, 7) is 14.1. The third-order valence-electron chi connectivity index (χ3n) is 2.72. The van der Waals surface area contributed by atoms with E-state index < -0.39 is 17.2 Å². The normalized spacial score (nSPS) is 12.7. The first-order chi connectivity index (χ1) is 10.6. The number of amides is 1. The molecule has 7 nitrogen and oxygen atoms in total. The Bertz CT molecular complexity index is 376. The van der Waals surface area contributed by atoms with Gasteiger partial charge in [0.05, 0.1) is 5.54 Å². The maximum Gasteiger partial charge on any atom is 0.408 e. The lowest BCUT2D eigenvalue weighted by Crippen LogP contribution is -2.54. The molecule has 0 aromatic carbocycles. The number of hydrogen-bond donors (Lipinski definition) is 3. The molecule has 0 atom stereocenters. The van der Waals surface area contributed by atoms with Crippen LogP contribution in [-0.2, 0) is 9.47 Å². The molecule has 0 fully saturated rings. The van der Waals surface area contributed by atoms with Crippen LogP contribution in [0.25, 0.3) is 0 Å². The smallest absolute Gasteiger partial charge is 0.408 e. The number of nitrogens with zero attached hydrogens (tertiary/aromatic N) is 1. The number of nitrogens with one attached hydrogen (secondary N) is 3. The average Bonchev–Trinajstić information content (AvgIpc) is 2.39. The van der Waals surface area contributed by atoms with E-state index in [0.717, 1.165) is 26.2 Å². The van der Waals surface area contributed by atoms with E-state index in [1.807, 2.05) is 41.5 Å². The molecule has 0 aromatic heterocycles. The topological polar surface area (TPSA) is 84.0 Å². The van der Waals surface area contributed by atoms with Gasteiger partial charge in [0.25, 0.3) is 0 Å². The molecule has 0 heterocycles. The van der Waals surface area contributed by atoms with E-state index in [4.69, 9.17) is 9.47 Å². The highest BCUT2D eigenvalue weighted by Gasteiger charge is 2.24. The van der Waals surface area contributed by atoms with Crippen molar-refractivity contribution in [2.24, 2.45) is 4.99 Å². The largest absolute Gasteiger partial charge is 0.444 e. The van der Waals surface area contributed by atoms with E-state index in [0.29, 0.717) is 12.5 Å². The van der Waals surface area contributed by atoms with Crippen LogP contribution in [0.5, 0.6) is 0 Å². The fraction of sp³-hybridized carbons (Fsp3) is 0.875. The Morgan fingerprint density at radius 3 is 2.30 bits per heavy atom. The van der Waals surface area contributed by atoms with Crippen LogP contribution >= 0.6 is 0 Å². The minimum absolute atomic E-state index is 0.427. The first kappa shape index (κ1) is 21.5. The van der Waals surface area contributed by atoms with Gasteiger partial charge in [-0.1, -0.05) is 0 Å². The molecule has 0 spiro atoms. The summed E-state index contributed by atoms with van der Waals surface area (Å²) >= 11 is 0. The SMILES string of the molecule is CCOCCCNC(=NC)NCC(C)(C)NC(=O)OC(C)(C)C. The van der Waals surface area contributed by atoms with Crippen molar-refractivity contribution in [1.29, 1.82) is 0 Å². The van der Waals surface area contributed by atoms with Crippen molar-refractivity contribution in [1.82, 2.24) is 16.0 Å². The molecular weight excluding hydrogens is 296 g/mol. The fourth-order valence-electron chi connectivity index (χ4n) is 1.67. The minimum atomic E-state index is -0.508. The van der Waals surface area contributed by atoms with Crippen LogP contribution in [0.15, 0.2) is 4.99 Å². The van der Waals surface area contributed by atoms with Crippen LogP contribution in [0.3, 0.4) is 0 Å². The Morgan fingerprint density at radius 1 is 1.13 bits per heavy atom. The lowest BCUT2D eigenvalue weighted by Gasteiger charge is -2.29. The van der Waals surface area contributed by atoms with Crippen molar-refractivity contribution in [2.45, 2.75) is 59.1 Å². The van der Waals surface area contributed by atoms with Crippen LogP contribution in [0.4, 0.5) is 4.79 Å². The highest BCUT2D eigenvalue weighted by atomic mass is 16.6. The molecule has 0 unspecified atom stereocenters. The van der Waals surface area contributed by atoms with Gasteiger partial charge >= 0.3 is 6.09 Å². The van der Waals surface area contributed by atoms with Gasteiger partial charge in [0.2, 0.25) is 0 Å². The molecule has 0 aliphatic heterocycles. The van der Waals surface area contributed by atoms with Crippen LogP contribution < -0.4 is 16.0 Å². The number of carbonyl (C=O) groups excluding carboxylic acids is 1. The summed E-state index contributed by atoms with van der Waals surface area (Å²) < 4.78 is 10.6. The van der Waals surface area contributed by atoms with Gasteiger partial charge in [-0.2, -0.15) is 0 Å². The number of aliphatic imine (C=N–C) groups is 1. The molecule has 136 valence electrons. The Kier molecular flexibility index (Phi) is 9.64.